The van der Waals surface area contributed by atoms with Crippen LogP contribution < -0.4 is 57.0 Å². The first-order valence-corrected chi connectivity index (χ1v) is 25.8. The number of hydrogen-bond donors (Lipinski definition) is 0. The standard InChI is InChI=1S/C68H43B2N3O2/c1-5-23-47(24-6-1)71(48-25-7-2-8-26-48)51-40-61-68-65(41-51)75-63-43-62-56(42-57(63)70(68)55-34-18-20-36-59(55)73(61)50-29-11-4-12-30-50)69-54-33-17-19-35-58(54)72(49-27-9-3-10-28-49)60-38-46(39-64(74-62)67(60)69)66-52-31-15-13-21-44(52)37-45-22-14-16-32-53(45)66/h1-43H. The highest BCUT2D eigenvalue weighted by atomic mass is 16.5. The van der Waals surface area contributed by atoms with Crippen molar-refractivity contribution in [2.24, 2.45) is 0 Å². The molecule has 7 heteroatoms. The van der Waals surface area contributed by atoms with E-state index in [1.54, 1.807) is 0 Å². The molecule has 0 aliphatic carbocycles. The number of anilines is 9. The van der Waals surface area contributed by atoms with Crippen LogP contribution in [-0.4, -0.2) is 13.4 Å². The fraction of sp³-hybridized carbons (Fsp3) is 0. The van der Waals surface area contributed by atoms with E-state index >= 15 is 0 Å². The Balaban J connectivity index is 0.945. The molecule has 4 aliphatic rings. The highest BCUT2D eigenvalue weighted by Gasteiger charge is 2.47. The van der Waals surface area contributed by atoms with Crippen molar-refractivity contribution in [1.82, 2.24) is 0 Å². The summed E-state index contributed by atoms with van der Waals surface area (Å²) in [7, 11) is 0. The fourth-order valence-electron chi connectivity index (χ4n) is 12.8. The summed E-state index contributed by atoms with van der Waals surface area (Å²) in [5.41, 5.74) is 19.0. The zero-order valence-electron chi connectivity index (χ0n) is 40.6. The topological polar surface area (TPSA) is 28.2 Å². The lowest BCUT2D eigenvalue weighted by atomic mass is 9.31. The zero-order chi connectivity index (χ0) is 49.1. The lowest BCUT2D eigenvalue weighted by molar-refractivity contribution is 0.466. The second-order valence-electron chi connectivity index (χ2n) is 19.9. The normalized spacial score (nSPS) is 13.2. The summed E-state index contributed by atoms with van der Waals surface area (Å²) >= 11 is 0. The van der Waals surface area contributed by atoms with E-state index in [-0.39, 0.29) is 13.4 Å². The highest BCUT2D eigenvalue weighted by Crippen LogP contribution is 2.49. The van der Waals surface area contributed by atoms with Gasteiger partial charge in [-0.05, 0) is 150 Å². The first-order valence-electron chi connectivity index (χ1n) is 25.8. The van der Waals surface area contributed by atoms with Gasteiger partial charge >= 0.3 is 0 Å². The van der Waals surface area contributed by atoms with Crippen LogP contribution >= 0.6 is 0 Å². The molecule has 12 aromatic rings. The molecular weight excluding hydrogens is 912 g/mol. The van der Waals surface area contributed by atoms with E-state index in [4.69, 9.17) is 9.47 Å². The Morgan fingerprint density at radius 2 is 0.747 bits per heavy atom. The summed E-state index contributed by atoms with van der Waals surface area (Å²) in [5, 5.41) is 4.81. The summed E-state index contributed by atoms with van der Waals surface area (Å²) in [6, 6.07) is 94.4. The summed E-state index contributed by atoms with van der Waals surface area (Å²) in [4.78, 5) is 7.20. The van der Waals surface area contributed by atoms with Gasteiger partial charge in [0.05, 0.1) is 5.69 Å². The van der Waals surface area contributed by atoms with Crippen molar-refractivity contribution >= 4 is 119 Å². The molecule has 4 heterocycles. The first kappa shape index (κ1) is 41.9. The smallest absolute Gasteiger partial charge is 0.256 e. The minimum Gasteiger partial charge on any atom is -0.458 e. The molecule has 0 saturated carbocycles. The van der Waals surface area contributed by atoms with Gasteiger partial charge in [-0.25, -0.2) is 0 Å². The molecular formula is C68H43B2N3O2. The van der Waals surface area contributed by atoms with E-state index in [9.17, 15) is 0 Å². The van der Waals surface area contributed by atoms with E-state index in [1.807, 2.05) is 0 Å². The van der Waals surface area contributed by atoms with Crippen LogP contribution in [0.1, 0.15) is 0 Å². The average Bonchev–Trinajstić information content (AvgIpc) is 3.52. The van der Waals surface area contributed by atoms with Crippen LogP contribution in [0.4, 0.5) is 51.2 Å². The highest BCUT2D eigenvalue weighted by molar-refractivity contribution is 7.02. The van der Waals surface area contributed by atoms with Gasteiger partial charge in [0.25, 0.3) is 13.4 Å². The van der Waals surface area contributed by atoms with Crippen LogP contribution in [0.25, 0.3) is 32.7 Å². The Labute approximate surface area is 435 Å². The van der Waals surface area contributed by atoms with Gasteiger partial charge in [0.15, 0.2) is 0 Å². The maximum absolute atomic E-state index is 7.47. The minimum absolute atomic E-state index is 0.133. The zero-order valence-corrected chi connectivity index (χ0v) is 40.6. The van der Waals surface area contributed by atoms with Gasteiger partial charge in [-0.15, -0.1) is 0 Å². The van der Waals surface area contributed by atoms with Crippen LogP contribution in [0.5, 0.6) is 23.0 Å². The molecule has 0 spiro atoms. The minimum atomic E-state index is -0.140. The van der Waals surface area contributed by atoms with E-state index in [2.05, 4.69) is 276 Å². The Morgan fingerprint density at radius 1 is 0.307 bits per heavy atom. The number of benzene rings is 12. The van der Waals surface area contributed by atoms with Crippen molar-refractivity contribution < 1.29 is 9.47 Å². The third-order valence-corrected chi connectivity index (χ3v) is 15.8. The lowest BCUT2D eigenvalue weighted by Gasteiger charge is -2.42. The van der Waals surface area contributed by atoms with Crippen molar-refractivity contribution in [2.75, 3.05) is 14.7 Å². The number of fused-ring (bicyclic) bond motifs is 10. The quantitative estimate of drug-likeness (QED) is 0.122. The van der Waals surface area contributed by atoms with Gasteiger partial charge in [0, 0.05) is 57.6 Å². The third kappa shape index (κ3) is 6.34. The van der Waals surface area contributed by atoms with Gasteiger partial charge in [-0.1, -0.05) is 164 Å². The Hall–Kier alpha value is -9.71. The van der Waals surface area contributed by atoms with Gasteiger partial charge in [-0.2, -0.15) is 0 Å². The van der Waals surface area contributed by atoms with Gasteiger partial charge in [-0.3, -0.25) is 0 Å². The second kappa shape index (κ2) is 16.4. The number of hydrogen-bond acceptors (Lipinski definition) is 5. The van der Waals surface area contributed by atoms with Crippen molar-refractivity contribution in [1.29, 1.82) is 0 Å². The summed E-state index contributed by atoms with van der Waals surface area (Å²) < 4.78 is 14.9. The number of nitrogens with zero attached hydrogens (tertiary/aromatic N) is 3. The molecule has 0 radical (unpaired) electrons. The molecule has 75 heavy (non-hydrogen) atoms. The fourth-order valence-corrected chi connectivity index (χ4v) is 12.8. The van der Waals surface area contributed by atoms with Gasteiger partial charge < -0.3 is 24.2 Å². The van der Waals surface area contributed by atoms with Crippen LogP contribution in [-0.2, 0) is 0 Å². The maximum atomic E-state index is 7.47. The summed E-state index contributed by atoms with van der Waals surface area (Å²) in [5.74, 6) is 3.25. The number of para-hydroxylation sites is 6. The molecule has 12 aromatic carbocycles. The number of rotatable bonds is 6. The largest absolute Gasteiger partial charge is 0.458 e. The monoisotopic (exact) mass is 955 g/mol. The molecule has 0 amide bonds. The van der Waals surface area contributed by atoms with E-state index in [0.29, 0.717) is 0 Å². The predicted octanol–water partition coefficient (Wildman–Crippen LogP) is 13.9. The summed E-state index contributed by atoms with van der Waals surface area (Å²) in [6.07, 6.45) is 0. The lowest BCUT2D eigenvalue weighted by Crippen LogP contribution is -2.63. The van der Waals surface area contributed by atoms with Crippen molar-refractivity contribution in [3.8, 4) is 34.1 Å². The van der Waals surface area contributed by atoms with Gasteiger partial charge in [0.2, 0.25) is 0 Å². The van der Waals surface area contributed by atoms with E-state index in [1.165, 1.54) is 38.0 Å². The molecule has 0 aromatic heterocycles. The van der Waals surface area contributed by atoms with Crippen molar-refractivity contribution in [3.05, 3.63) is 261 Å². The maximum Gasteiger partial charge on any atom is 0.256 e. The summed E-state index contributed by atoms with van der Waals surface area (Å²) in [6.45, 7) is -0.273. The second-order valence-corrected chi connectivity index (χ2v) is 19.9. The van der Waals surface area contributed by atoms with Crippen LogP contribution in [0.2, 0.25) is 0 Å². The van der Waals surface area contributed by atoms with E-state index in [0.717, 1.165) is 102 Å². The van der Waals surface area contributed by atoms with Crippen LogP contribution in [0, 0.1) is 0 Å². The molecule has 0 bridgehead atoms. The van der Waals surface area contributed by atoms with Gasteiger partial charge in [0.1, 0.15) is 23.0 Å². The first-order chi connectivity index (χ1) is 37.2. The molecule has 348 valence electrons. The molecule has 5 nitrogen and oxygen atoms in total. The average molecular weight is 956 g/mol. The predicted molar refractivity (Wildman–Crippen MR) is 313 cm³/mol. The third-order valence-electron chi connectivity index (χ3n) is 15.8. The van der Waals surface area contributed by atoms with Crippen LogP contribution in [0.15, 0.2) is 261 Å². The SMILES string of the molecule is c1ccc(N(c2ccccc2)c2cc3c4c(c2)N(c2ccccc2)c2ccccc2B4c2cc4c(cc2O3)Oc2cc(-c3c5ccccc5cc5ccccc35)cc3c2B4c2ccccc2N3c2ccccc2)cc1. The Morgan fingerprint density at radius 3 is 1.28 bits per heavy atom. The van der Waals surface area contributed by atoms with Crippen molar-refractivity contribution in [3.63, 3.8) is 0 Å². The molecule has 0 saturated heterocycles. The number of ether oxygens (including phenoxy) is 2. The van der Waals surface area contributed by atoms with Crippen LogP contribution in [0.3, 0.4) is 0 Å². The van der Waals surface area contributed by atoms with Crippen molar-refractivity contribution in [2.45, 2.75) is 0 Å². The molecule has 0 fully saturated rings. The molecule has 16 rings (SSSR count). The van der Waals surface area contributed by atoms with E-state index < -0.39 is 0 Å². The molecule has 0 unspecified atom stereocenters. The molecule has 0 atom stereocenters. The Kier molecular flexibility index (Phi) is 9.16. The molecule has 4 aliphatic heterocycles. The Bertz CT molecular complexity index is 4190. The molecule has 0 N–H and O–H groups in total.